The van der Waals surface area contributed by atoms with Crippen LogP contribution in [-0.4, -0.2) is 31.9 Å². The van der Waals surface area contributed by atoms with Crippen molar-refractivity contribution in [3.05, 3.63) is 28.2 Å². The molecule has 0 bridgehead atoms. The predicted molar refractivity (Wildman–Crippen MR) is 82.9 cm³/mol. The van der Waals surface area contributed by atoms with Gasteiger partial charge in [-0.05, 0) is 45.0 Å². The first kappa shape index (κ1) is 15.9. The summed E-state index contributed by atoms with van der Waals surface area (Å²) in [6, 6.07) is 5.30. The average molecular weight is 318 g/mol. The van der Waals surface area contributed by atoms with Crippen molar-refractivity contribution in [2.45, 2.75) is 32.5 Å². The topological polar surface area (TPSA) is 30.5 Å². The van der Waals surface area contributed by atoms with Gasteiger partial charge in [-0.25, -0.2) is 0 Å². The first-order valence-electron chi connectivity index (χ1n) is 7.00. The van der Waals surface area contributed by atoms with Crippen LogP contribution >= 0.6 is 23.2 Å². The van der Waals surface area contributed by atoms with Crippen LogP contribution < -0.4 is 10.1 Å². The molecule has 1 aliphatic rings. The van der Waals surface area contributed by atoms with Crippen LogP contribution in [0.15, 0.2) is 18.2 Å². The summed E-state index contributed by atoms with van der Waals surface area (Å²) in [6.07, 6.45) is 1.29. The fraction of sp³-hybridized carbons (Fsp3) is 0.600. The minimum atomic E-state index is 0.00563. The van der Waals surface area contributed by atoms with Gasteiger partial charge in [-0.3, -0.25) is 0 Å². The number of halogens is 2. The van der Waals surface area contributed by atoms with E-state index in [-0.39, 0.29) is 12.2 Å². The van der Waals surface area contributed by atoms with Crippen LogP contribution in [0.3, 0.4) is 0 Å². The summed E-state index contributed by atoms with van der Waals surface area (Å²) in [5, 5.41) is 4.51. The maximum Gasteiger partial charge on any atom is 0.138 e. The number of rotatable bonds is 6. The zero-order valence-electron chi connectivity index (χ0n) is 11.9. The van der Waals surface area contributed by atoms with Crippen molar-refractivity contribution in [1.29, 1.82) is 0 Å². The van der Waals surface area contributed by atoms with E-state index in [1.54, 1.807) is 12.1 Å². The minimum Gasteiger partial charge on any atom is -0.486 e. The summed E-state index contributed by atoms with van der Waals surface area (Å²) in [5.41, 5.74) is 0. The quantitative estimate of drug-likeness (QED) is 0.866. The van der Waals surface area contributed by atoms with Gasteiger partial charge >= 0.3 is 0 Å². The first-order chi connectivity index (χ1) is 9.56. The highest BCUT2D eigenvalue weighted by Crippen LogP contribution is 2.30. The number of hydrogen-bond acceptors (Lipinski definition) is 3. The Labute approximate surface area is 130 Å². The molecule has 2 unspecified atom stereocenters. The Morgan fingerprint density at radius 1 is 1.35 bits per heavy atom. The molecule has 0 aromatic heterocycles. The monoisotopic (exact) mass is 317 g/mol. The third-order valence-corrected chi connectivity index (χ3v) is 3.92. The van der Waals surface area contributed by atoms with Gasteiger partial charge in [0.15, 0.2) is 0 Å². The van der Waals surface area contributed by atoms with Crippen LogP contribution in [0.2, 0.25) is 10.0 Å². The zero-order chi connectivity index (χ0) is 14.5. The summed E-state index contributed by atoms with van der Waals surface area (Å²) in [7, 11) is 0. The summed E-state index contributed by atoms with van der Waals surface area (Å²) in [6.45, 7) is 6.61. The standard InChI is InChI=1S/C15H21Cl2NO2/c1-10(2)19-9-15(11-5-6-18-8-11)20-14-4-3-12(16)7-13(14)17/h3-4,7,10-11,15,18H,5-6,8-9H2,1-2H3. The van der Waals surface area contributed by atoms with E-state index >= 15 is 0 Å². The van der Waals surface area contributed by atoms with E-state index in [2.05, 4.69) is 5.32 Å². The van der Waals surface area contributed by atoms with Gasteiger partial charge in [0, 0.05) is 17.5 Å². The Kier molecular flexibility index (Phi) is 5.97. The zero-order valence-corrected chi connectivity index (χ0v) is 13.4. The van der Waals surface area contributed by atoms with Gasteiger partial charge in [-0.1, -0.05) is 23.2 Å². The van der Waals surface area contributed by atoms with Gasteiger partial charge in [0.2, 0.25) is 0 Å². The Morgan fingerprint density at radius 2 is 2.15 bits per heavy atom. The Bertz CT molecular complexity index is 434. The molecule has 1 saturated heterocycles. The van der Waals surface area contributed by atoms with Gasteiger partial charge < -0.3 is 14.8 Å². The molecule has 0 spiro atoms. The van der Waals surface area contributed by atoms with Crippen molar-refractivity contribution >= 4 is 23.2 Å². The van der Waals surface area contributed by atoms with Crippen LogP contribution in [0.1, 0.15) is 20.3 Å². The lowest BCUT2D eigenvalue weighted by Gasteiger charge is -2.25. The lowest BCUT2D eigenvalue weighted by atomic mass is 10.0. The van der Waals surface area contributed by atoms with Crippen molar-refractivity contribution in [2.75, 3.05) is 19.7 Å². The number of nitrogens with one attached hydrogen (secondary N) is 1. The van der Waals surface area contributed by atoms with E-state index in [0.717, 1.165) is 19.5 Å². The Hall–Kier alpha value is -0.480. The van der Waals surface area contributed by atoms with Crippen molar-refractivity contribution in [1.82, 2.24) is 5.32 Å². The van der Waals surface area contributed by atoms with E-state index in [1.165, 1.54) is 0 Å². The van der Waals surface area contributed by atoms with E-state index in [0.29, 0.717) is 28.3 Å². The summed E-state index contributed by atoms with van der Waals surface area (Å²) in [4.78, 5) is 0. The molecule has 20 heavy (non-hydrogen) atoms. The summed E-state index contributed by atoms with van der Waals surface area (Å²) >= 11 is 12.1. The number of hydrogen-bond donors (Lipinski definition) is 1. The molecule has 2 atom stereocenters. The number of ether oxygens (including phenoxy) is 2. The molecule has 1 aliphatic heterocycles. The molecule has 2 rings (SSSR count). The maximum atomic E-state index is 6.18. The fourth-order valence-corrected chi connectivity index (χ4v) is 2.73. The summed E-state index contributed by atoms with van der Waals surface area (Å²) in [5.74, 6) is 1.11. The van der Waals surface area contributed by atoms with E-state index < -0.39 is 0 Å². The van der Waals surface area contributed by atoms with Gasteiger partial charge in [-0.2, -0.15) is 0 Å². The van der Waals surface area contributed by atoms with Crippen molar-refractivity contribution in [2.24, 2.45) is 5.92 Å². The lowest BCUT2D eigenvalue weighted by Crippen LogP contribution is -2.34. The highest BCUT2D eigenvalue weighted by atomic mass is 35.5. The third kappa shape index (κ3) is 4.52. The molecular weight excluding hydrogens is 297 g/mol. The molecule has 1 N–H and O–H groups in total. The van der Waals surface area contributed by atoms with Gasteiger partial charge in [0.05, 0.1) is 17.7 Å². The molecule has 1 fully saturated rings. The predicted octanol–water partition coefficient (Wildman–Crippen LogP) is 3.78. The Morgan fingerprint density at radius 3 is 2.75 bits per heavy atom. The van der Waals surface area contributed by atoms with Gasteiger partial charge in [0.25, 0.3) is 0 Å². The van der Waals surface area contributed by atoms with Crippen molar-refractivity contribution in [3.8, 4) is 5.75 Å². The molecule has 0 radical (unpaired) electrons. The Balaban J connectivity index is 2.05. The largest absolute Gasteiger partial charge is 0.486 e. The molecule has 1 aromatic rings. The second-order valence-electron chi connectivity index (χ2n) is 5.37. The molecule has 112 valence electrons. The molecule has 1 heterocycles. The molecule has 0 amide bonds. The molecular formula is C15H21Cl2NO2. The van der Waals surface area contributed by atoms with Crippen LogP contribution in [0.25, 0.3) is 0 Å². The highest BCUT2D eigenvalue weighted by Gasteiger charge is 2.27. The van der Waals surface area contributed by atoms with Crippen LogP contribution in [0, 0.1) is 5.92 Å². The second-order valence-corrected chi connectivity index (χ2v) is 6.21. The summed E-state index contributed by atoms with van der Waals surface area (Å²) < 4.78 is 11.8. The molecule has 1 aromatic carbocycles. The fourth-order valence-electron chi connectivity index (χ4n) is 2.28. The highest BCUT2D eigenvalue weighted by molar-refractivity contribution is 6.35. The van der Waals surface area contributed by atoms with Gasteiger partial charge in [0.1, 0.15) is 11.9 Å². The smallest absolute Gasteiger partial charge is 0.138 e. The van der Waals surface area contributed by atoms with E-state index in [1.807, 2.05) is 19.9 Å². The normalized spacial score (nSPS) is 20.4. The van der Waals surface area contributed by atoms with Crippen LogP contribution in [-0.2, 0) is 4.74 Å². The minimum absolute atomic E-state index is 0.00563. The molecule has 3 nitrogen and oxygen atoms in total. The van der Waals surface area contributed by atoms with Crippen molar-refractivity contribution in [3.63, 3.8) is 0 Å². The van der Waals surface area contributed by atoms with E-state index in [4.69, 9.17) is 32.7 Å². The lowest BCUT2D eigenvalue weighted by molar-refractivity contribution is -0.00362. The van der Waals surface area contributed by atoms with Gasteiger partial charge in [-0.15, -0.1) is 0 Å². The first-order valence-corrected chi connectivity index (χ1v) is 7.76. The maximum absolute atomic E-state index is 6.18. The average Bonchev–Trinajstić information content (AvgIpc) is 2.90. The SMILES string of the molecule is CC(C)OCC(Oc1ccc(Cl)cc1Cl)C1CCNC1. The molecule has 0 saturated carbocycles. The molecule has 5 heteroatoms. The number of benzene rings is 1. The second kappa shape index (κ2) is 7.51. The van der Waals surface area contributed by atoms with Crippen molar-refractivity contribution < 1.29 is 9.47 Å². The van der Waals surface area contributed by atoms with Crippen LogP contribution in [0.4, 0.5) is 0 Å². The third-order valence-electron chi connectivity index (χ3n) is 3.39. The molecule has 0 aliphatic carbocycles. The van der Waals surface area contributed by atoms with E-state index in [9.17, 15) is 0 Å². The van der Waals surface area contributed by atoms with Crippen LogP contribution in [0.5, 0.6) is 5.75 Å².